The Morgan fingerprint density at radius 1 is 1.15 bits per heavy atom. The summed E-state index contributed by atoms with van der Waals surface area (Å²) in [5.74, 6) is -0.393. The van der Waals surface area contributed by atoms with Crippen molar-refractivity contribution in [2.75, 3.05) is 13.3 Å². The predicted molar refractivity (Wildman–Crippen MR) is 94.0 cm³/mol. The summed E-state index contributed by atoms with van der Waals surface area (Å²) in [7, 11) is 0. The molecule has 2 aromatic rings. The summed E-state index contributed by atoms with van der Waals surface area (Å²) in [6.07, 6.45) is 1.50. The molecule has 0 unspecified atom stereocenters. The largest absolute Gasteiger partial charge is 0.454 e. The Hall–Kier alpha value is -3.35. The molecule has 0 saturated carbocycles. The van der Waals surface area contributed by atoms with E-state index in [2.05, 4.69) is 15.8 Å². The van der Waals surface area contributed by atoms with Crippen molar-refractivity contribution in [1.82, 2.24) is 10.7 Å². The molecule has 0 spiro atoms. The molecule has 2 aliphatic rings. The first-order valence-electron chi connectivity index (χ1n) is 8.27. The van der Waals surface area contributed by atoms with Gasteiger partial charge in [-0.15, -0.1) is 0 Å². The van der Waals surface area contributed by atoms with Crippen LogP contribution in [-0.2, 0) is 9.59 Å². The number of amides is 2. The van der Waals surface area contributed by atoms with Crippen LogP contribution in [0, 0.1) is 5.92 Å². The highest BCUT2D eigenvalue weighted by Gasteiger charge is 2.40. The summed E-state index contributed by atoms with van der Waals surface area (Å²) >= 11 is 0. The van der Waals surface area contributed by atoms with Crippen LogP contribution < -0.4 is 20.2 Å². The summed E-state index contributed by atoms with van der Waals surface area (Å²) in [6, 6.07) is 14.9. The van der Waals surface area contributed by atoms with Gasteiger partial charge in [0.15, 0.2) is 11.5 Å². The number of carbonyl (C=O) groups excluding carboxylic acids is 2. The van der Waals surface area contributed by atoms with Gasteiger partial charge in [-0.2, -0.15) is 5.10 Å². The van der Waals surface area contributed by atoms with Gasteiger partial charge in [-0.25, -0.2) is 5.43 Å². The zero-order valence-electron chi connectivity index (χ0n) is 13.8. The lowest BCUT2D eigenvalue weighted by Gasteiger charge is -2.15. The SMILES string of the molecule is O=C1NC[C@H](c2ccccc2)[C@H]1C(=O)NN=Cc1ccc2c(c1)OCO2. The lowest BCUT2D eigenvalue weighted by Crippen LogP contribution is -2.34. The molecular formula is C19H17N3O4. The second-order valence-corrected chi connectivity index (χ2v) is 6.09. The number of carbonyl (C=O) groups is 2. The Morgan fingerprint density at radius 3 is 2.81 bits per heavy atom. The number of fused-ring (bicyclic) bond motifs is 1. The fourth-order valence-corrected chi connectivity index (χ4v) is 3.17. The van der Waals surface area contributed by atoms with Gasteiger partial charge in [0.1, 0.15) is 5.92 Å². The molecule has 0 aliphatic carbocycles. The fraction of sp³-hybridized carbons (Fsp3) is 0.211. The van der Waals surface area contributed by atoms with Crippen LogP contribution >= 0.6 is 0 Å². The molecule has 2 atom stereocenters. The standard InChI is InChI=1S/C19H17N3O4/c23-18-17(14(10-20-18)13-4-2-1-3-5-13)19(24)22-21-9-12-6-7-15-16(8-12)26-11-25-15/h1-9,14,17H,10-11H2,(H,20,23)(H,22,24)/t14-,17-/m1/s1. The summed E-state index contributed by atoms with van der Waals surface area (Å²) in [5, 5.41) is 6.73. The van der Waals surface area contributed by atoms with E-state index in [9.17, 15) is 9.59 Å². The van der Waals surface area contributed by atoms with Crippen molar-refractivity contribution in [2.45, 2.75) is 5.92 Å². The third kappa shape index (κ3) is 3.11. The molecule has 2 heterocycles. The lowest BCUT2D eigenvalue weighted by atomic mass is 9.88. The molecule has 2 aliphatic heterocycles. The average molecular weight is 351 g/mol. The lowest BCUT2D eigenvalue weighted by molar-refractivity contribution is -0.133. The number of nitrogens with one attached hydrogen (secondary N) is 2. The zero-order valence-corrected chi connectivity index (χ0v) is 13.8. The van der Waals surface area contributed by atoms with Crippen LogP contribution in [0.1, 0.15) is 17.0 Å². The first-order valence-corrected chi connectivity index (χ1v) is 8.27. The molecule has 4 rings (SSSR count). The van der Waals surface area contributed by atoms with Crippen molar-refractivity contribution in [1.29, 1.82) is 0 Å². The number of hydrogen-bond acceptors (Lipinski definition) is 5. The van der Waals surface area contributed by atoms with E-state index in [4.69, 9.17) is 9.47 Å². The number of benzene rings is 2. The Kier molecular flexibility index (Phi) is 4.27. The summed E-state index contributed by atoms with van der Waals surface area (Å²) in [6.45, 7) is 0.636. The number of hydrazone groups is 1. The van der Waals surface area contributed by atoms with Crippen molar-refractivity contribution in [3.63, 3.8) is 0 Å². The normalized spacial score (nSPS) is 21.0. The van der Waals surface area contributed by atoms with Gasteiger partial charge in [-0.1, -0.05) is 30.3 Å². The van der Waals surface area contributed by atoms with Gasteiger partial charge >= 0.3 is 0 Å². The van der Waals surface area contributed by atoms with Crippen LogP contribution in [0.15, 0.2) is 53.6 Å². The minimum atomic E-state index is -0.800. The van der Waals surface area contributed by atoms with E-state index < -0.39 is 11.8 Å². The Morgan fingerprint density at radius 2 is 1.96 bits per heavy atom. The van der Waals surface area contributed by atoms with Gasteiger partial charge in [0.2, 0.25) is 12.7 Å². The van der Waals surface area contributed by atoms with E-state index in [1.807, 2.05) is 30.3 Å². The van der Waals surface area contributed by atoms with Crippen molar-refractivity contribution in [2.24, 2.45) is 11.0 Å². The van der Waals surface area contributed by atoms with Crippen LogP contribution in [0.3, 0.4) is 0 Å². The molecule has 1 fully saturated rings. The third-order valence-electron chi connectivity index (χ3n) is 4.48. The highest BCUT2D eigenvalue weighted by atomic mass is 16.7. The molecule has 2 N–H and O–H groups in total. The minimum Gasteiger partial charge on any atom is -0.454 e. The van der Waals surface area contributed by atoms with Crippen LogP contribution in [0.5, 0.6) is 11.5 Å². The first-order chi connectivity index (χ1) is 12.7. The van der Waals surface area contributed by atoms with Gasteiger partial charge in [-0.3, -0.25) is 9.59 Å². The molecule has 7 nitrogen and oxygen atoms in total. The number of rotatable bonds is 4. The van der Waals surface area contributed by atoms with E-state index in [-0.39, 0.29) is 18.6 Å². The van der Waals surface area contributed by atoms with Crippen molar-refractivity contribution in [3.05, 3.63) is 59.7 Å². The maximum Gasteiger partial charge on any atom is 0.253 e. The Labute approximate surface area is 150 Å². The van der Waals surface area contributed by atoms with Gasteiger partial charge in [0.25, 0.3) is 5.91 Å². The molecule has 132 valence electrons. The second-order valence-electron chi connectivity index (χ2n) is 6.09. The van der Waals surface area contributed by atoms with Gasteiger partial charge < -0.3 is 14.8 Å². The van der Waals surface area contributed by atoms with Crippen LogP contribution in [0.4, 0.5) is 0 Å². The summed E-state index contributed by atoms with van der Waals surface area (Å²) < 4.78 is 10.5. The number of nitrogens with zero attached hydrogens (tertiary/aromatic N) is 1. The van der Waals surface area contributed by atoms with Crippen molar-refractivity contribution < 1.29 is 19.1 Å². The van der Waals surface area contributed by atoms with Crippen LogP contribution in [0.2, 0.25) is 0 Å². The van der Waals surface area contributed by atoms with Gasteiger partial charge in [-0.05, 0) is 29.3 Å². The third-order valence-corrected chi connectivity index (χ3v) is 4.48. The van der Waals surface area contributed by atoms with Crippen molar-refractivity contribution >= 4 is 18.0 Å². The molecule has 0 radical (unpaired) electrons. The van der Waals surface area contributed by atoms with Gasteiger partial charge in [0, 0.05) is 12.5 Å². The van der Waals surface area contributed by atoms with Crippen LogP contribution in [0.25, 0.3) is 0 Å². The molecule has 0 aromatic heterocycles. The summed E-state index contributed by atoms with van der Waals surface area (Å²) in [5.41, 5.74) is 4.17. The number of ether oxygens (including phenoxy) is 2. The second kappa shape index (κ2) is 6.87. The van der Waals surface area contributed by atoms with E-state index in [1.54, 1.807) is 18.2 Å². The molecule has 7 heteroatoms. The molecule has 26 heavy (non-hydrogen) atoms. The molecule has 2 amide bonds. The fourth-order valence-electron chi connectivity index (χ4n) is 3.17. The molecule has 0 bridgehead atoms. The minimum absolute atomic E-state index is 0.199. The molecule has 1 saturated heterocycles. The van der Waals surface area contributed by atoms with E-state index in [0.29, 0.717) is 18.0 Å². The van der Waals surface area contributed by atoms with E-state index >= 15 is 0 Å². The predicted octanol–water partition coefficient (Wildman–Crippen LogP) is 1.40. The van der Waals surface area contributed by atoms with E-state index in [0.717, 1.165) is 11.1 Å². The average Bonchev–Trinajstić information content (AvgIpc) is 3.28. The highest BCUT2D eigenvalue weighted by Crippen LogP contribution is 2.32. The highest BCUT2D eigenvalue weighted by molar-refractivity contribution is 6.03. The maximum atomic E-state index is 12.5. The Bertz CT molecular complexity index is 866. The molecule has 2 aromatic carbocycles. The van der Waals surface area contributed by atoms with Crippen LogP contribution in [-0.4, -0.2) is 31.4 Å². The summed E-state index contributed by atoms with van der Waals surface area (Å²) in [4.78, 5) is 24.6. The van der Waals surface area contributed by atoms with Crippen molar-refractivity contribution in [3.8, 4) is 11.5 Å². The number of hydrogen-bond donors (Lipinski definition) is 2. The molecular weight excluding hydrogens is 334 g/mol. The first kappa shape index (κ1) is 16.1. The smallest absolute Gasteiger partial charge is 0.253 e. The topological polar surface area (TPSA) is 89.0 Å². The Balaban J connectivity index is 1.44. The quantitative estimate of drug-likeness (QED) is 0.495. The zero-order chi connectivity index (χ0) is 17.9. The van der Waals surface area contributed by atoms with E-state index in [1.165, 1.54) is 6.21 Å². The monoisotopic (exact) mass is 351 g/mol. The van der Waals surface area contributed by atoms with Gasteiger partial charge in [0.05, 0.1) is 6.21 Å². The maximum absolute atomic E-state index is 12.5.